The van der Waals surface area contributed by atoms with Gasteiger partial charge in [0.05, 0.1) is 13.7 Å². The molecule has 7 nitrogen and oxygen atoms in total. The molecule has 3 rings (SSSR count). The number of ether oxygens (including phenoxy) is 2. The molecule has 0 spiro atoms. The van der Waals surface area contributed by atoms with Gasteiger partial charge in [0.25, 0.3) is 0 Å². The Morgan fingerprint density at radius 3 is 2.75 bits per heavy atom. The number of carbonyl (C=O) groups excluding carboxylic acids is 1. The minimum atomic E-state index is -0.358. The second-order valence-electron chi connectivity index (χ2n) is 5.71. The van der Waals surface area contributed by atoms with Crippen LogP contribution in [0.1, 0.15) is 10.6 Å². The molecule has 1 heterocycles. The summed E-state index contributed by atoms with van der Waals surface area (Å²) in [4.78, 5) is 11.9. The fourth-order valence-electron chi connectivity index (χ4n) is 2.34. The van der Waals surface area contributed by atoms with Gasteiger partial charge in [-0.2, -0.15) is 0 Å². The summed E-state index contributed by atoms with van der Waals surface area (Å²) < 4.78 is 10.7. The highest BCUT2D eigenvalue weighted by atomic mass is 35.5. The van der Waals surface area contributed by atoms with Crippen molar-refractivity contribution in [3.63, 3.8) is 0 Å². The van der Waals surface area contributed by atoms with E-state index in [1.165, 1.54) is 11.3 Å². The number of benzene rings is 2. The van der Waals surface area contributed by atoms with Crippen LogP contribution in [0.3, 0.4) is 0 Å². The molecule has 0 saturated heterocycles. The van der Waals surface area contributed by atoms with Crippen LogP contribution in [0, 0.1) is 0 Å². The van der Waals surface area contributed by atoms with Crippen LogP contribution < -0.4 is 20.1 Å². The molecular formula is C19H19ClN4O3S. The van der Waals surface area contributed by atoms with Crippen molar-refractivity contribution in [2.24, 2.45) is 0 Å². The number of aromatic nitrogens is 2. The quantitative estimate of drug-likeness (QED) is 0.540. The Kier molecular flexibility index (Phi) is 7.05. The Balaban J connectivity index is 1.41. The standard InChI is InChI=1S/C19H19ClN4O3S/c1-26-16-4-2-3-13(11-16)12-17-23-24-19(28-17)22-18(25)21-9-10-27-15-7-5-14(20)6-8-15/h2-8,11H,9-10,12H2,1H3,(H2,21,22,24,25). The predicted octanol–water partition coefficient (Wildman–Crippen LogP) is 3.99. The Labute approximate surface area is 171 Å². The Morgan fingerprint density at radius 1 is 1.14 bits per heavy atom. The maximum atomic E-state index is 11.9. The van der Waals surface area contributed by atoms with Crippen LogP contribution in [0.4, 0.5) is 9.93 Å². The van der Waals surface area contributed by atoms with Crippen LogP contribution in [0.15, 0.2) is 48.5 Å². The zero-order valence-electron chi connectivity index (χ0n) is 15.1. The highest BCUT2D eigenvalue weighted by molar-refractivity contribution is 7.15. The van der Waals surface area contributed by atoms with Gasteiger partial charge in [0.15, 0.2) is 0 Å². The van der Waals surface area contributed by atoms with Crippen molar-refractivity contribution in [1.29, 1.82) is 0 Å². The molecule has 2 aromatic carbocycles. The topological polar surface area (TPSA) is 85.4 Å². The van der Waals surface area contributed by atoms with Crippen LogP contribution in [0.25, 0.3) is 0 Å². The van der Waals surface area contributed by atoms with Crippen molar-refractivity contribution in [2.45, 2.75) is 6.42 Å². The summed E-state index contributed by atoms with van der Waals surface area (Å²) in [7, 11) is 1.63. The van der Waals surface area contributed by atoms with Crippen molar-refractivity contribution in [3.8, 4) is 11.5 Å². The van der Waals surface area contributed by atoms with Crippen molar-refractivity contribution < 1.29 is 14.3 Å². The molecule has 9 heteroatoms. The zero-order chi connectivity index (χ0) is 19.8. The average Bonchev–Trinajstić information content (AvgIpc) is 3.13. The van der Waals surface area contributed by atoms with Gasteiger partial charge in [0.2, 0.25) is 5.13 Å². The van der Waals surface area contributed by atoms with Crippen LogP contribution in [0.5, 0.6) is 11.5 Å². The van der Waals surface area contributed by atoms with Crippen molar-refractivity contribution in [1.82, 2.24) is 15.5 Å². The van der Waals surface area contributed by atoms with Crippen molar-refractivity contribution in [3.05, 3.63) is 64.1 Å². The molecule has 3 aromatic rings. The molecule has 1 aromatic heterocycles. The van der Waals surface area contributed by atoms with E-state index in [0.717, 1.165) is 16.3 Å². The van der Waals surface area contributed by atoms with E-state index in [4.69, 9.17) is 21.1 Å². The Morgan fingerprint density at radius 2 is 1.96 bits per heavy atom. The first-order valence-corrected chi connectivity index (χ1v) is 9.70. The predicted molar refractivity (Wildman–Crippen MR) is 110 cm³/mol. The normalized spacial score (nSPS) is 10.4. The highest BCUT2D eigenvalue weighted by Crippen LogP contribution is 2.21. The van der Waals surface area contributed by atoms with E-state index >= 15 is 0 Å². The first-order valence-electron chi connectivity index (χ1n) is 8.51. The molecule has 28 heavy (non-hydrogen) atoms. The molecule has 0 bridgehead atoms. The fraction of sp³-hybridized carbons (Fsp3) is 0.211. The average molecular weight is 419 g/mol. The summed E-state index contributed by atoms with van der Waals surface area (Å²) >= 11 is 7.14. The summed E-state index contributed by atoms with van der Waals surface area (Å²) in [5, 5.41) is 15.4. The molecule has 0 radical (unpaired) electrons. The lowest BCUT2D eigenvalue weighted by Gasteiger charge is -2.07. The third kappa shape index (κ3) is 6.11. The van der Waals surface area contributed by atoms with E-state index in [9.17, 15) is 4.79 Å². The van der Waals surface area contributed by atoms with E-state index in [2.05, 4.69) is 20.8 Å². The molecule has 0 atom stereocenters. The zero-order valence-corrected chi connectivity index (χ0v) is 16.7. The largest absolute Gasteiger partial charge is 0.497 e. The van der Waals surface area contributed by atoms with Gasteiger partial charge >= 0.3 is 6.03 Å². The minimum Gasteiger partial charge on any atom is -0.497 e. The lowest BCUT2D eigenvalue weighted by atomic mass is 10.1. The number of nitrogens with zero attached hydrogens (tertiary/aromatic N) is 2. The van der Waals surface area contributed by atoms with Crippen LogP contribution in [-0.2, 0) is 6.42 Å². The van der Waals surface area contributed by atoms with E-state index in [1.54, 1.807) is 31.4 Å². The second kappa shape index (κ2) is 9.91. The number of hydrogen-bond donors (Lipinski definition) is 2. The molecular weight excluding hydrogens is 400 g/mol. The summed E-state index contributed by atoms with van der Waals surface area (Å²) in [6, 6.07) is 14.4. The van der Waals surface area contributed by atoms with Crippen LogP contribution in [-0.4, -0.2) is 36.5 Å². The van der Waals surface area contributed by atoms with E-state index in [-0.39, 0.29) is 6.03 Å². The molecule has 0 aliphatic rings. The van der Waals surface area contributed by atoms with Gasteiger partial charge in [-0.1, -0.05) is 35.1 Å². The number of rotatable bonds is 8. The van der Waals surface area contributed by atoms with Gasteiger partial charge in [0.1, 0.15) is 23.1 Å². The number of amides is 2. The highest BCUT2D eigenvalue weighted by Gasteiger charge is 2.09. The summed E-state index contributed by atoms with van der Waals surface area (Å²) in [6.07, 6.45) is 0.618. The van der Waals surface area contributed by atoms with E-state index in [0.29, 0.717) is 35.5 Å². The van der Waals surface area contributed by atoms with Gasteiger partial charge in [-0.15, -0.1) is 10.2 Å². The van der Waals surface area contributed by atoms with Gasteiger partial charge < -0.3 is 14.8 Å². The number of hydrogen-bond acceptors (Lipinski definition) is 6. The molecule has 2 amide bonds. The summed E-state index contributed by atoms with van der Waals surface area (Å²) in [5.74, 6) is 1.48. The lowest BCUT2D eigenvalue weighted by Crippen LogP contribution is -2.32. The van der Waals surface area contributed by atoms with Gasteiger partial charge in [-0.3, -0.25) is 5.32 Å². The third-order valence-corrected chi connectivity index (χ3v) is 4.74. The maximum Gasteiger partial charge on any atom is 0.321 e. The van der Waals surface area contributed by atoms with E-state index < -0.39 is 0 Å². The fourth-order valence-corrected chi connectivity index (χ4v) is 3.23. The van der Waals surface area contributed by atoms with Gasteiger partial charge in [-0.05, 0) is 42.0 Å². The lowest BCUT2D eigenvalue weighted by molar-refractivity contribution is 0.247. The van der Waals surface area contributed by atoms with Gasteiger partial charge in [-0.25, -0.2) is 4.79 Å². The van der Waals surface area contributed by atoms with Crippen LogP contribution >= 0.6 is 22.9 Å². The maximum absolute atomic E-state index is 11.9. The van der Waals surface area contributed by atoms with Gasteiger partial charge in [0, 0.05) is 11.4 Å². The number of carbonyl (C=O) groups is 1. The summed E-state index contributed by atoms with van der Waals surface area (Å²) in [6.45, 7) is 0.691. The second-order valence-corrected chi connectivity index (χ2v) is 7.21. The molecule has 0 fully saturated rings. The molecule has 146 valence electrons. The smallest absolute Gasteiger partial charge is 0.321 e. The number of nitrogens with one attached hydrogen (secondary N) is 2. The number of halogens is 1. The number of methoxy groups -OCH3 is 1. The minimum absolute atomic E-state index is 0.340. The first-order chi connectivity index (χ1) is 13.6. The van der Waals surface area contributed by atoms with Crippen molar-refractivity contribution in [2.75, 3.05) is 25.6 Å². The third-order valence-electron chi connectivity index (χ3n) is 3.65. The van der Waals surface area contributed by atoms with Crippen LogP contribution in [0.2, 0.25) is 5.02 Å². The first kappa shape index (κ1) is 19.9. The van der Waals surface area contributed by atoms with Crippen molar-refractivity contribution >= 4 is 34.1 Å². The molecule has 0 aliphatic heterocycles. The Bertz CT molecular complexity index is 918. The Hall–Kier alpha value is -2.84. The number of urea groups is 1. The SMILES string of the molecule is COc1cccc(Cc2nnc(NC(=O)NCCOc3ccc(Cl)cc3)s2)c1. The molecule has 0 aliphatic carbocycles. The monoisotopic (exact) mass is 418 g/mol. The molecule has 0 unspecified atom stereocenters. The van der Waals surface area contributed by atoms with E-state index in [1.807, 2.05) is 24.3 Å². The molecule has 2 N–H and O–H groups in total. The summed E-state index contributed by atoms with van der Waals surface area (Å²) in [5.41, 5.74) is 1.06. The molecule has 0 saturated carbocycles. The number of anilines is 1.